The van der Waals surface area contributed by atoms with Gasteiger partial charge in [-0.15, -0.1) is 0 Å². The van der Waals surface area contributed by atoms with E-state index in [-0.39, 0.29) is 6.17 Å². The average Bonchev–Trinajstić information content (AvgIpc) is 2.82. The fourth-order valence-corrected chi connectivity index (χ4v) is 2.50. The van der Waals surface area contributed by atoms with Crippen LogP contribution in [0.2, 0.25) is 0 Å². The predicted octanol–water partition coefficient (Wildman–Crippen LogP) is 2.18. The number of nitrogens with one attached hydrogen (secondary N) is 1. The van der Waals surface area contributed by atoms with E-state index < -0.39 is 0 Å². The van der Waals surface area contributed by atoms with E-state index in [0.29, 0.717) is 5.91 Å². The predicted molar refractivity (Wildman–Crippen MR) is 73.2 cm³/mol. The summed E-state index contributed by atoms with van der Waals surface area (Å²) < 4.78 is 0. The van der Waals surface area contributed by atoms with Crippen molar-refractivity contribution in [1.82, 2.24) is 10.2 Å². The van der Waals surface area contributed by atoms with Crippen molar-refractivity contribution < 1.29 is 4.79 Å². The number of nitrogens with zero attached hydrogens (tertiary/aromatic N) is 1. The van der Waals surface area contributed by atoms with Crippen molar-refractivity contribution >= 4 is 5.91 Å². The number of benzene rings is 1. The Morgan fingerprint density at radius 3 is 2.72 bits per heavy atom. The van der Waals surface area contributed by atoms with Crippen LogP contribution in [0.25, 0.3) is 0 Å². The van der Waals surface area contributed by atoms with Gasteiger partial charge in [0.05, 0.1) is 6.17 Å². The average molecular weight is 246 g/mol. The second-order valence-electron chi connectivity index (χ2n) is 4.80. The van der Waals surface area contributed by atoms with E-state index in [1.165, 1.54) is 5.56 Å². The first-order chi connectivity index (χ1) is 8.81. The molecule has 1 aliphatic heterocycles. The fourth-order valence-electron chi connectivity index (χ4n) is 2.50. The van der Waals surface area contributed by atoms with Crippen LogP contribution in [-0.4, -0.2) is 30.1 Å². The number of rotatable bonds is 6. The molecule has 1 amide bonds. The van der Waals surface area contributed by atoms with E-state index in [1.807, 2.05) is 11.0 Å². The van der Waals surface area contributed by atoms with Gasteiger partial charge in [-0.2, -0.15) is 0 Å². The van der Waals surface area contributed by atoms with Gasteiger partial charge in [0.15, 0.2) is 0 Å². The van der Waals surface area contributed by atoms with Crippen LogP contribution >= 0.6 is 0 Å². The van der Waals surface area contributed by atoms with Gasteiger partial charge >= 0.3 is 0 Å². The Balaban J connectivity index is 1.79. The molecule has 0 spiro atoms. The highest BCUT2D eigenvalue weighted by atomic mass is 16.2. The Labute approximate surface area is 109 Å². The molecule has 1 saturated heterocycles. The topological polar surface area (TPSA) is 32.3 Å². The highest BCUT2D eigenvalue weighted by Gasteiger charge is 2.25. The summed E-state index contributed by atoms with van der Waals surface area (Å²) in [5.74, 6) is 0.300. The third-order valence-electron chi connectivity index (χ3n) is 3.51. The summed E-state index contributed by atoms with van der Waals surface area (Å²) in [6.45, 7) is 3.97. The first kappa shape index (κ1) is 13.1. The van der Waals surface area contributed by atoms with Gasteiger partial charge in [-0.3, -0.25) is 10.1 Å². The third kappa shape index (κ3) is 3.33. The van der Waals surface area contributed by atoms with Crippen molar-refractivity contribution in [2.24, 2.45) is 0 Å². The summed E-state index contributed by atoms with van der Waals surface area (Å²) in [5, 5.41) is 3.50. The van der Waals surface area contributed by atoms with Gasteiger partial charge in [0, 0.05) is 19.5 Å². The zero-order valence-corrected chi connectivity index (χ0v) is 11.1. The molecular formula is C15H22N2O. The van der Waals surface area contributed by atoms with E-state index in [9.17, 15) is 4.79 Å². The quantitative estimate of drug-likeness (QED) is 0.834. The molecule has 1 aliphatic rings. The maximum Gasteiger partial charge on any atom is 0.223 e. The molecule has 0 aromatic heterocycles. The van der Waals surface area contributed by atoms with Crippen molar-refractivity contribution in [2.75, 3.05) is 13.1 Å². The van der Waals surface area contributed by atoms with Crippen molar-refractivity contribution in [1.29, 1.82) is 0 Å². The second-order valence-corrected chi connectivity index (χ2v) is 4.80. The van der Waals surface area contributed by atoms with Crippen LogP contribution in [0.1, 0.15) is 31.7 Å². The molecule has 1 unspecified atom stereocenters. The smallest absolute Gasteiger partial charge is 0.223 e. The first-order valence-electron chi connectivity index (χ1n) is 6.88. The summed E-state index contributed by atoms with van der Waals surface area (Å²) in [4.78, 5) is 13.7. The molecule has 1 aromatic carbocycles. The third-order valence-corrected chi connectivity index (χ3v) is 3.51. The highest BCUT2D eigenvalue weighted by Crippen LogP contribution is 2.14. The molecule has 98 valence electrons. The number of carbonyl (C=O) groups excluding carboxylic acids is 1. The Kier molecular flexibility index (Phi) is 4.76. The molecule has 3 heteroatoms. The molecular weight excluding hydrogens is 224 g/mol. The Morgan fingerprint density at radius 2 is 2.11 bits per heavy atom. The van der Waals surface area contributed by atoms with Crippen molar-refractivity contribution in [3.63, 3.8) is 0 Å². The van der Waals surface area contributed by atoms with Crippen LogP contribution in [0.3, 0.4) is 0 Å². The molecule has 1 fully saturated rings. The molecule has 1 aromatic rings. The summed E-state index contributed by atoms with van der Waals surface area (Å²) in [6.07, 6.45) is 3.93. The lowest BCUT2D eigenvalue weighted by Gasteiger charge is -2.27. The summed E-state index contributed by atoms with van der Waals surface area (Å²) in [6, 6.07) is 10.5. The minimum absolute atomic E-state index is 0.212. The van der Waals surface area contributed by atoms with E-state index >= 15 is 0 Å². The minimum atomic E-state index is 0.212. The lowest BCUT2D eigenvalue weighted by atomic mass is 10.1. The number of hydrogen-bond donors (Lipinski definition) is 1. The van der Waals surface area contributed by atoms with Crippen LogP contribution in [0, 0.1) is 0 Å². The number of hydrogen-bond acceptors (Lipinski definition) is 2. The Morgan fingerprint density at radius 1 is 1.33 bits per heavy atom. The number of amides is 1. The van der Waals surface area contributed by atoms with Gasteiger partial charge in [-0.25, -0.2) is 0 Å². The van der Waals surface area contributed by atoms with Gasteiger partial charge in [-0.05, 0) is 24.8 Å². The van der Waals surface area contributed by atoms with Gasteiger partial charge in [-0.1, -0.05) is 37.3 Å². The van der Waals surface area contributed by atoms with E-state index in [1.54, 1.807) is 0 Å². The summed E-state index contributed by atoms with van der Waals surface area (Å²) in [7, 11) is 0. The fraction of sp³-hybridized carbons (Fsp3) is 0.533. The largest absolute Gasteiger partial charge is 0.327 e. The van der Waals surface area contributed by atoms with Crippen LogP contribution < -0.4 is 5.32 Å². The molecule has 0 saturated carbocycles. The lowest BCUT2D eigenvalue weighted by molar-refractivity contribution is -0.130. The molecule has 18 heavy (non-hydrogen) atoms. The maximum atomic E-state index is 11.7. The summed E-state index contributed by atoms with van der Waals surface area (Å²) in [5.41, 5.74) is 1.34. The van der Waals surface area contributed by atoms with Crippen molar-refractivity contribution in [2.45, 2.75) is 38.8 Å². The molecule has 2 rings (SSSR count). The van der Waals surface area contributed by atoms with Crippen LogP contribution in [0.4, 0.5) is 0 Å². The zero-order valence-electron chi connectivity index (χ0n) is 11.1. The van der Waals surface area contributed by atoms with Crippen molar-refractivity contribution in [3.8, 4) is 0 Å². The van der Waals surface area contributed by atoms with Gasteiger partial charge < -0.3 is 4.90 Å². The van der Waals surface area contributed by atoms with Crippen LogP contribution in [-0.2, 0) is 11.2 Å². The molecule has 1 heterocycles. The van der Waals surface area contributed by atoms with Gasteiger partial charge in [0.2, 0.25) is 5.91 Å². The maximum absolute atomic E-state index is 11.7. The van der Waals surface area contributed by atoms with Crippen molar-refractivity contribution in [3.05, 3.63) is 35.9 Å². The monoisotopic (exact) mass is 246 g/mol. The van der Waals surface area contributed by atoms with Gasteiger partial charge in [0.1, 0.15) is 0 Å². The second kappa shape index (κ2) is 6.55. The molecule has 0 radical (unpaired) electrons. The molecule has 3 nitrogen and oxygen atoms in total. The molecule has 0 aliphatic carbocycles. The normalized spacial score (nSPS) is 17.2. The van der Waals surface area contributed by atoms with E-state index in [2.05, 4.69) is 36.5 Å². The van der Waals surface area contributed by atoms with Crippen LogP contribution in [0.5, 0.6) is 0 Å². The molecule has 1 atom stereocenters. The lowest BCUT2D eigenvalue weighted by Crippen LogP contribution is -2.46. The number of likely N-dealkylation sites (tertiary alicyclic amines) is 1. The summed E-state index contributed by atoms with van der Waals surface area (Å²) >= 11 is 0. The zero-order chi connectivity index (χ0) is 12.8. The van der Waals surface area contributed by atoms with Gasteiger partial charge in [0.25, 0.3) is 0 Å². The first-order valence-corrected chi connectivity index (χ1v) is 6.88. The number of carbonyl (C=O) groups is 1. The molecule has 0 bridgehead atoms. The Bertz CT molecular complexity index is 377. The van der Waals surface area contributed by atoms with Crippen LogP contribution in [0.15, 0.2) is 30.3 Å². The highest BCUT2D eigenvalue weighted by molar-refractivity contribution is 5.78. The Hall–Kier alpha value is -1.35. The minimum Gasteiger partial charge on any atom is -0.327 e. The SMILES string of the molecule is CCC(NCCc1ccccc1)N1CCCC1=O. The standard InChI is InChI=1S/C15H22N2O/c1-2-14(17-12-6-9-15(17)18)16-11-10-13-7-4-3-5-8-13/h3-5,7-8,14,16H,2,6,9-12H2,1H3. The van der Waals surface area contributed by atoms with E-state index in [4.69, 9.17) is 0 Å². The molecule has 1 N–H and O–H groups in total. The van der Waals surface area contributed by atoms with E-state index in [0.717, 1.165) is 38.8 Å².